The predicted octanol–water partition coefficient (Wildman–Crippen LogP) is 15.0. The van der Waals surface area contributed by atoms with Gasteiger partial charge in [0.2, 0.25) is 0 Å². The van der Waals surface area contributed by atoms with E-state index in [0.29, 0.717) is 34.5 Å². The van der Waals surface area contributed by atoms with Crippen LogP contribution in [0, 0.1) is 5.82 Å². The maximum Gasteiger partial charge on any atom is 0.308 e. The van der Waals surface area contributed by atoms with Crippen molar-refractivity contribution in [3.05, 3.63) is 144 Å². The third kappa shape index (κ3) is 23.8. The molecule has 0 saturated heterocycles. The Balaban J connectivity index is 0.000000209. The molecule has 4 N–H and O–H groups in total. The number of nitrogens with one attached hydrogen (secondary N) is 3. The summed E-state index contributed by atoms with van der Waals surface area (Å²) in [6, 6.07) is 26.5. The molecule has 0 bridgehead atoms. The van der Waals surface area contributed by atoms with Crippen LogP contribution in [0.3, 0.4) is 0 Å². The second-order valence-electron chi connectivity index (χ2n) is 30.4. The lowest BCUT2D eigenvalue weighted by atomic mass is 10.1. The molecule has 3 heterocycles. The molecule has 0 unspecified atom stereocenters. The van der Waals surface area contributed by atoms with Crippen molar-refractivity contribution in [3.8, 4) is 68.3 Å². The van der Waals surface area contributed by atoms with Crippen LogP contribution >= 0.6 is 0 Å². The maximum absolute atomic E-state index is 13.6. The van der Waals surface area contributed by atoms with E-state index in [1.54, 1.807) is 147 Å². The lowest BCUT2D eigenvalue weighted by molar-refractivity contribution is -0.156. The van der Waals surface area contributed by atoms with E-state index >= 15 is 0 Å². The highest BCUT2D eigenvalue weighted by atomic mass is 19.1. The fourth-order valence-electron chi connectivity index (χ4n) is 13.7. The van der Waals surface area contributed by atoms with Crippen molar-refractivity contribution in [3.63, 3.8) is 0 Å². The Bertz CT molecular complexity index is 4230. The van der Waals surface area contributed by atoms with Crippen LogP contribution in [0.2, 0.25) is 0 Å². The van der Waals surface area contributed by atoms with Crippen LogP contribution in [-0.4, -0.2) is 154 Å². The van der Waals surface area contributed by atoms with Gasteiger partial charge in [-0.2, -0.15) is 15.3 Å². The van der Waals surface area contributed by atoms with Gasteiger partial charge in [-0.1, -0.05) is 87.1 Å². The van der Waals surface area contributed by atoms with Crippen molar-refractivity contribution in [2.75, 3.05) is 49.3 Å². The van der Waals surface area contributed by atoms with E-state index in [1.807, 2.05) is 68.6 Å². The second-order valence-corrected chi connectivity index (χ2v) is 30.4. The van der Waals surface area contributed by atoms with Gasteiger partial charge in [-0.3, -0.25) is 42.8 Å². The highest BCUT2D eigenvalue weighted by Crippen LogP contribution is 2.45. The summed E-state index contributed by atoms with van der Waals surface area (Å²) >= 11 is 0. The number of carbonyl (C=O) groups excluding carboxylic acids is 6. The molecule has 3 amide bonds. The number of halogens is 1. The molecule has 3 aliphatic rings. The van der Waals surface area contributed by atoms with Gasteiger partial charge in [0.15, 0.2) is 17.1 Å². The van der Waals surface area contributed by atoms with E-state index in [1.165, 1.54) is 18.2 Å². The van der Waals surface area contributed by atoms with E-state index in [0.717, 1.165) is 116 Å². The summed E-state index contributed by atoms with van der Waals surface area (Å²) in [7, 11) is 9.59. The first-order valence-corrected chi connectivity index (χ1v) is 37.6. The number of aromatic nitrogens is 6. The Morgan fingerprint density at radius 2 is 0.773 bits per heavy atom. The predicted molar refractivity (Wildman–Crippen MR) is 417 cm³/mol. The molecule has 10 rings (SSSR count). The number of hydrogen-bond acceptors (Lipinski definition) is 19. The van der Waals surface area contributed by atoms with Gasteiger partial charge >= 0.3 is 17.9 Å². The zero-order valence-electron chi connectivity index (χ0n) is 66.3. The average Bonchev–Trinajstić information content (AvgIpc) is 1.63. The molecule has 25 nitrogen and oxygen atoms in total. The molecule has 3 atom stereocenters. The van der Waals surface area contributed by atoms with E-state index in [4.69, 9.17) is 47.7 Å². The van der Waals surface area contributed by atoms with Gasteiger partial charge in [-0.05, 0) is 180 Å². The van der Waals surface area contributed by atoms with Crippen LogP contribution in [0.15, 0.2) is 116 Å². The molecule has 594 valence electrons. The number of benzene rings is 4. The highest BCUT2D eigenvalue weighted by molar-refractivity contribution is 5.96. The Morgan fingerprint density at radius 1 is 0.473 bits per heavy atom. The number of aliphatic hydroxyl groups is 1. The zero-order valence-corrected chi connectivity index (χ0v) is 66.3. The van der Waals surface area contributed by atoms with Gasteiger partial charge in [0.25, 0.3) is 17.7 Å². The fraction of sp³-hybridized carbons (Fsp3) is 0.488. The molecule has 3 aliphatic carbocycles. The van der Waals surface area contributed by atoms with Crippen molar-refractivity contribution in [1.29, 1.82) is 0 Å². The summed E-state index contributed by atoms with van der Waals surface area (Å²) in [4.78, 5) is 77.2. The number of rotatable bonds is 29. The van der Waals surface area contributed by atoms with Crippen LogP contribution in [0.5, 0.6) is 34.5 Å². The van der Waals surface area contributed by atoms with Crippen molar-refractivity contribution in [1.82, 2.24) is 45.3 Å². The third-order valence-electron chi connectivity index (χ3n) is 18.5. The fourth-order valence-corrected chi connectivity index (χ4v) is 13.7. The van der Waals surface area contributed by atoms with E-state index < -0.39 is 64.7 Å². The minimum absolute atomic E-state index is 0.0109. The number of hydrogen-bond donors (Lipinski definition) is 4. The van der Waals surface area contributed by atoms with Gasteiger partial charge in [0.05, 0.1) is 126 Å². The van der Waals surface area contributed by atoms with Crippen LogP contribution < -0.4 is 44.4 Å². The molecular weight excluding hydrogens is 1410 g/mol. The molecule has 7 aromatic rings. The van der Waals surface area contributed by atoms with Crippen molar-refractivity contribution < 1.29 is 80.9 Å². The van der Waals surface area contributed by atoms with Gasteiger partial charge in [-0.15, -0.1) is 6.58 Å². The smallest absolute Gasteiger partial charge is 0.308 e. The van der Waals surface area contributed by atoms with Gasteiger partial charge < -0.3 is 63.7 Å². The largest absolute Gasteiger partial charge is 0.496 e. The molecule has 0 aliphatic heterocycles. The summed E-state index contributed by atoms with van der Waals surface area (Å²) < 4.78 is 69.1. The Kier molecular flexibility index (Phi) is 30.4. The van der Waals surface area contributed by atoms with Gasteiger partial charge in [0.1, 0.15) is 57.1 Å². The average molecular weight is 1520 g/mol. The van der Waals surface area contributed by atoms with Crippen molar-refractivity contribution in [2.45, 2.75) is 218 Å². The molecule has 3 aromatic heterocycles. The SMILES string of the molecule is C=C[C@@H](CC(=O)OC(C)(C)C)NC(=O)c1cc(-c2c(OC)cccc2OC)n(C2CCCC2)n1.COc1cccc(OC)c1-c1cc(C(=O)N[C@@H](/C=C/c2ccc(F)cc2)CC(=O)OC(C)(C)C)nn1C1CCCC1.COc1cccc(OC)c1-c1cc(C(=O)N[C@@H](CCO)CC(=O)OC(C)(C)C)nn1C1CCCC1. The highest BCUT2D eigenvalue weighted by Gasteiger charge is 2.34. The molecular formula is C84H110FN9O16. The molecule has 4 aromatic carbocycles. The number of aliphatic hydroxyl groups excluding tert-OH is 1. The summed E-state index contributed by atoms with van der Waals surface area (Å²) in [6.45, 7) is 19.7. The summed E-state index contributed by atoms with van der Waals surface area (Å²) in [5.41, 5.74) is 3.94. The number of esters is 3. The minimum Gasteiger partial charge on any atom is -0.496 e. The molecule has 110 heavy (non-hydrogen) atoms. The molecule has 0 radical (unpaired) electrons. The standard InChI is InChI=1S/C32H38FN3O5.C26H37N3O6.C26H35N3O5/c1-32(2,3)41-29(37)19-23(18-15-21-13-16-22(33)17-14-21)34-31(38)25-20-26(36(35-25)24-9-6-7-10-24)30-27(39-4)11-8-12-28(30)40-5;1-26(2,3)35-23(31)15-17(13-14-30)27-25(32)19-16-20(29(28-19)18-9-6-7-10-18)24-21(33-4)11-8-12-22(24)34-5;1-7-17(15-23(30)34-26(2,3)4)27-25(31)19-16-20(29(28-19)18-11-8-9-12-18)24-21(32-5)13-10-14-22(24)33-6/h8,11-18,20,23-24H,6-7,9-10,19H2,1-5H3,(H,34,38);8,11-12,16-18,30H,6-7,9-10,13-15H2,1-5H3,(H,27,32);7,10,13-14,16-18H,1,8-9,11-12,15H2,2-6H3,(H,27,31)/b18-15+;;/t23-;2*17-/m000/s1. The van der Waals surface area contributed by atoms with E-state index in [-0.39, 0.29) is 79.2 Å². The third-order valence-corrected chi connectivity index (χ3v) is 18.5. The maximum atomic E-state index is 13.6. The van der Waals surface area contributed by atoms with E-state index in [2.05, 4.69) is 32.7 Å². The summed E-state index contributed by atoms with van der Waals surface area (Å²) in [6.07, 6.45) is 17.5. The summed E-state index contributed by atoms with van der Waals surface area (Å²) in [5, 5.41) is 32.2. The first kappa shape index (κ1) is 85.1. The van der Waals surface area contributed by atoms with Gasteiger partial charge in [-0.25, -0.2) is 4.39 Å². The molecule has 3 fully saturated rings. The topological polar surface area (TPSA) is 295 Å². The molecule has 26 heteroatoms. The number of nitrogens with zero attached hydrogens (tertiary/aromatic N) is 6. The normalized spacial score (nSPS) is 14.9. The minimum atomic E-state index is -0.691. The van der Waals surface area contributed by atoms with Crippen LogP contribution in [0.4, 0.5) is 4.39 Å². The number of carbonyl (C=O) groups is 6. The van der Waals surface area contributed by atoms with Crippen LogP contribution in [0.1, 0.15) is 220 Å². The quantitative estimate of drug-likeness (QED) is 0.0192. The van der Waals surface area contributed by atoms with Crippen molar-refractivity contribution in [2.24, 2.45) is 0 Å². The number of methoxy groups -OCH3 is 6. The Morgan fingerprint density at radius 3 is 1.07 bits per heavy atom. The lowest BCUT2D eigenvalue weighted by Crippen LogP contribution is -2.39. The monoisotopic (exact) mass is 1520 g/mol. The first-order valence-electron chi connectivity index (χ1n) is 37.6. The Hall–Kier alpha value is -10.5. The second kappa shape index (κ2) is 39.2. The Labute approximate surface area is 644 Å². The number of amides is 3. The van der Waals surface area contributed by atoms with E-state index in [9.17, 15) is 38.3 Å². The molecule has 3 saturated carbocycles. The van der Waals surface area contributed by atoms with Gasteiger partial charge in [0, 0.05) is 12.6 Å². The summed E-state index contributed by atoms with van der Waals surface area (Å²) in [5.74, 6) is 0.856. The first-order chi connectivity index (χ1) is 52.4. The van der Waals surface area contributed by atoms with Crippen LogP contribution in [0.25, 0.3) is 39.8 Å². The lowest BCUT2D eigenvalue weighted by Gasteiger charge is -2.22. The van der Waals surface area contributed by atoms with Crippen molar-refractivity contribution >= 4 is 41.7 Å². The molecule has 0 spiro atoms. The zero-order chi connectivity index (χ0) is 80.0. The van der Waals surface area contributed by atoms with Crippen LogP contribution in [-0.2, 0) is 28.6 Å². The number of ether oxygens (including phenoxy) is 9.